The molecule has 26 heavy (non-hydrogen) atoms. The van der Waals surface area contributed by atoms with Gasteiger partial charge in [0, 0.05) is 11.4 Å². The number of rotatable bonds is 4. The van der Waals surface area contributed by atoms with E-state index in [0.717, 1.165) is 23.4 Å². The molecule has 1 aliphatic carbocycles. The molecule has 1 amide bonds. The molecular weight excluding hydrogens is 320 g/mol. The Morgan fingerprint density at radius 3 is 2.62 bits per heavy atom. The molecule has 0 radical (unpaired) electrons. The van der Waals surface area contributed by atoms with Gasteiger partial charge in [-0.25, -0.2) is 0 Å². The first-order valence-electron chi connectivity index (χ1n) is 8.93. The Hall–Kier alpha value is -3.07. The maximum atomic E-state index is 12.3. The van der Waals surface area contributed by atoms with Crippen molar-refractivity contribution in [2.75, 3.05) is 17.2 Å². The summed E-state index contributed by atoms with van der Waals surface area (Å²) < 4.78 is 0. The van der Waals surface area contributed by atoms with Gasteiger partial charge in [-0.3, -0.25) is 4.79 Å². The van der Waals surface area contributed by atoms with Crippen molar-refractivity contribution in [1.29, 1.82) is 0 Å². The van der Waals surface area contributed by atoms with Crippen molar-refractivity contribution in [1.82, 2.24) is 0 Å². The molecule has 0 unspecified atom stereocenters. The number of fused-ring (bicyclic) bond motifs is 3. The van der Waals surface area contributed by atoms with Crippen molar-refractivity contribution in [3.8, 4) is 11.1 Å². The largest absolute Gasteiger partial charge is 0.376 e. The highest BCUT2D eigenvalue weighted by Crippen LogP contribution is 2.37. The van der Waals surface area contributed by atoms with Gasteiger partial charge in [0.15, 0.2) is 0 Å². The maximum absolute atomic E-state index is 12.3. The summed E-state index contributed by atoms with van der Waals surface area (Å²) in [6.45, 7) is 4.32. The van der Waals surface area contributed by atoms with E-state index in [4.69, 9.17) is 0 Å². The van der Waals surface area contributed by atoms with Crippen molar-refractivity contribution in [3.05, 3.63) is 82.9 Å². The lowest BCUT2D eigenvalue weighted by atomic mass is 10.1. The highest BCUT2D eigenvalue weighted by molar-refractivity contribution is 5.94. The fourth-order valence-electron chi connectivity index (χ4n) is 3.52. The molecular formula is C23H22N2O. The molecule has 3 aromatic rings. The van der Waals surface area contributed by atoms with Crippen molar-refractivity contribution in [2.24, 2.45) is 0 Å². The van der Waals surface area contributed by atoms with E-state index in [1.54, 1.807) is 0 Å². The van der Waals surface area contributed by atoms with E-state index in [0.29, 0.717) is 0 Å². The lowest BCUT2D eigenvalue weighted by Crippen LogP contribution is -2.22. The van der Waals surface area contributed by atoms with Crippen molar-refractivity contribution >= 4 is 17.3 Å². The zero-order chi connectivity index (χ0) is 18.1. The Balaban J connectivity index is 1.42. The van der Waals surface area contributed by atoms with E-state index in [2.05, 4.69) is 47.0 Å². The van der Waals surface area contributed by atoms with Crippen LogP contribution in [-0.4, -0.2) is 12.5 Å². The van der Waals surface area contributed by atoms with Gasteiger partial charge in [-0.1, -0.05) is 42.5 Å². The summed E-state index contributed by atoms with van der Waals surface area (Å²) in [7, 11) is 0. The normalized spacial score (nSPS) is 11.6. The first-order valence-corrected chi connectivity index (χ1v) is 8.93. The fourth-order valence-corrected chi connectivity index (χ4v) is 3.52. The molecule has 0 saturated carbocycles. The fraction of sp³-hybridized carbons (Fsp3) is 0.174. The summed E-state index contributed by atoms with van der Waals surface area (Å²) in [6, 6.07) is 20.8. The lowest BCUT2D eigenvalue weighted by molar-refractivity contribution is -0.114. The Labute approximate surface area is 154 Å². The molecule has 0 aromatic heterocycles. The number of hydrogen-bond donors (Lipinski definition) is 2. The van der Waals surface area contributed by atoms with E-state index in [-0.39, 0.29) is 12.5 Å². The van der Waals surface area contributed by atoms with Crippen molar-refractivity contribution < 1.29 is 4.79 Å². The number of anilines is 2. The zero-order valence-electron chi connectivity index (χ0n) is 15.1. The SMILES string of the molecule is Cc1cccc(NC(=O)CNc2ccc3c(c2)Cc2ccccc2-3)c1C. The van der Waals surface area contributed by atoms with Crippen LogP contribution in [0.4, 0.5) is 11.4 Å². The van der Waals surface area contributed by atoms with Crippen LogP contribution in [0.1, 0.15) is 22.3 Å². The first kappa shape index (κ1) is 16.4. The molecule has 130 valence electrons. The number of amides is 1. The number of benzene rings is 3. The second-order valence-corrected chi connectivity index (χ2v) is 6.86. The molecule has 1 aliphatic rings. The summed E-state index contributed by atoms with van der Waals surface area (Å²) in [5.41, 5.74) is 9.44. The number of carbonyl (C=O) groups is 1. The number of carbonyl (C=O) groups excluding carboxylic acids is 1. The van der Waals surface area contributed by atoms with Crippen LogP contribution in [0.25, 0.3) is 11.1 Å². The standard InChI is InChI=1S/C23H22N2O/c1-15-6-5-9-22(16(15)2)25-23(26)14-24-19-10-11-21-18(13-19)12-17-7-3-4-8-20(17)21/h3-11,13,24H,12,14H2,1-2H3,(H,25,26). The zero-order valence-corrected chi connectivity index (χ0v) is 15.1. The minimum atomic E-state index is -0.0394. The van der Waals surface area contributed by atoms with Crippen LogP contribution < -0.4 is 10.6 Å². The molecule has 3 aromatic carbocycles. The van der Waals surface area contributed by atoms with Gasteiger partial charge < -0.3 is 10.6 Å². The highest BCUT2D eigenvalue weighted by Gasteiger charge is 2.17. The Morgan fingerprint density at radius 2 is 1.73 bits per heavy atom. The summed E-state index contributed by atoms with van der Waals surface area (Å²) in [5, 5.41) is 6.23. The number of aryl methyl sites for hydroxylation is 1. The molecule has 3 nitrogen and oxygen atoms in total. The molecule has 0 aliphatic heterocycles. The summed E-state index contributed by atoms with van der Waals surface area (Å²) >= 11 is 0. The summed E-state index contributed by atoms with van der Waals surface area (Å²) in [5.74, 6) is -0.0394. The Kier molecular flexibility index (Phi) is 4.21. The van der Waals surface area contributed by atoms with Crippen LogP contribution in [0.5, 0.6) is 0 Å². The van der Waals surface area contributed by atoms with E-state index in [1.807, 2.05) is 38.1 Å². The number of hydrogen-bond acceptors (Lipinski definition) is 2. The summed E-state index contributed by atoms with van der Waals surface area (Å²) in [4.78, 5) is 12.3. The van der Waals surface area contributed by atoms with E-state index in [9.17, 15) is 4.79 Å². The minimum absolute atomic E-state index is 0.0394. The van der Waals surface area contributed by atoms with Gasteiger partial charge in [0.1, 0.15) is 0 Å². The Morgan fingerprint density at radius 1 is 0.923 bits per heavy atom. The first-order chi connectivity index (χ1) is 12.6. The van der Waals surface area contributed by atoms with Crippen LogP contribution >= 0.6 is 0 Å². The minimum Gasteiger partial charge on any atom is -0.376 e. The van der Waals surface area contributed by atoms with Crippen LogP contribution in [0, 0.1) is 13.8 Å². The lowest BCUT2D eigenvalue weighted by Gasteiger charge is -2.12. The highest BCUT2D eigenvalue weighted by atomic mass is 16.1. The molecule has 3 heteroatoms. The van der Waals surface area contributed by atoms with Gasteiger partial charge in [0.05, 0.1) is 6.54 Å². The predicted molar refractivity (Wildman–Crippen MR) is 108 cm³/mol. The third-order valence-electron chi connectivity index (χ3n) is 5.13. The average molecular weight is 342 g/mol. The predicted octanol–water partition coefficient (Wildman–Crippen LogP) is 4.93. The molecule has 2 N–H and O–H groups in total. The third-order valence-corrected chi connectivity index (χ3v) is 5.13. The van der Waals surface area contributed by atoms with Gasteiger partial charge in [-0.2, -0.15) is 0 Å². The van der Waals surface area contributed by atoms with Crippen molar-refractivity contribution in [2.45, 2.75) is 20.3 Å². The van der Waals surface area contributed by atoms with Gasteiger partial charge in [0.2, 0.25) is 5.91 Å². The van der Waals surface area contributed by atoms with E-state index < -0.39 is 0 Å². The molecule has 4 rings (SSSR count). The van der Waals surface area contributed by atoms with Gasteiger partial charge >= 0.3 is 0 Å². The van der Waals surface area contributed by atoms with Gasteiger partial charge in [0.25, 0.3) is 0 Å². The quantitative estimate of drug-likeness (QED) is 0.552. The van der Waals surface area contributed by atoms with Gasteiger partial charge in [-0.05, 0) is 71.8 Å². The van der Waals surface area contributed by atoms with Crippen LogP contribution in [0.15, 0.2) is 60.7 Å². The molecule has 0 atom stereocenters. The van der Waals surface area contributed by atoms with Crippen LogP contribution in [0.2, 0.25) is 0 Å². The van der Waals surface area contributed by atoms with Crippen LogP contribution in [-0.2, 0) is 11.2 Å². The third kappa shape index (κ3) is 3.08. The maximum Gasteiger partial charge on any atom is 0.243 e. The average Bonchev–Trinajstić information content (AvgIpc) is 3.01. The smallest absolute Gasteiger partial charge is 0.243 e. The molecule has 0 heterocycles. The molecule has 0 fully saturated rings. The molecule has 0 spiro atoms. The van der Waals surface area contributed by atoms with Crippen molar-refractivity contribution in [3.63, 3.8) is 0 Å². The molecule has 0 bridgehead atoms. The Bertz CT molecular complexity index is 991. The van der Waals surface area contributed by atoms with E-state index >= 15 is 0 Å². The monoisotopic (exact) mass is 342 g/mol. The van der Waals surface area contributed by atoms with E-state index in [1.165, 1.54) is 27.8 Å². The molecule has 0 saturated heterocycles. The van der Waals surface area contributed by atoms with Gasteiger partial charge in [-0.15, -0.1) is 0 Å². The second-order valence-electron chi connectivity index (χ2n) is 6.86. The topological polar surface area (TPSA) is 41.1 Å². The summed E-state index contributed by atoms with van der Waals surface area (Å²) in [6.07, 6.45) is 0.954. The second kappa shape index (κ2) is 6.68. The van der Waals surface area contributed by atoms with Crippen LogP contribution in [0.3, 0.4) is 0 Å². The number of nitrogens with one attached hydrogen (secondary N) is 2.